The predicted molar refractivity (Wildman–Crippen MR) is 80.1 cm³/mol. The van der Waals surface area contributed by atoms with Crippen molar-refractivity contribution in [2.24, 2.45) is 0 Å². The van der Waals surface area contributed by atoms with Gasteiger partial charge in [0.15, 0.2) is 0 Å². The summed E-state index contributed by atoms with van der Waals surface area (Å²) in [6.45, 7) is 3.89. The van der Waals surface area contributed by atoms with Crippen LogP contribution in [0.4, 0.5) is 4.39 Å². The molecule has 0 atom stereocenters. The van der Waals surface area contributed by atoms with Gasteiger partial charge in [-0.15, -0.1) is 11.6 Å². The minimum Gasteiger partial charge on any atom is -0.292 e. The number of aromatic nitrogens is 2. The van der Waals surface area contributed by atoms with Crippen LogP contribution in [0.5, 0.6) is 0 Å². The zero-order valence-electron chi connectivity index (χ0n) is 11.3. The number of nitrogens with zero attached hydrogens (tertiary/aromatic N) is 2. The number of benzene rings is 2. The van der Waals surface area contributed by atoms with Gasteiger partial charge in [0, 0.05) is 0 Å². The molecule has 102 valence electrons. The number of hydrogen-bond acceptors (Lipinski definition) is 1. The molecule has 0 saturated carbocycles. The molecule has 2 aromatic carbocycles. The van der Waals surface area contributed by atoms with Crippen LogP contribution in [-0.2, 0) is 5.88 Å². The SMILES string of the molecule is Cc1ccc2nc(CCl)n(-c3c(C)cccc3F)c2c1. The molecule has 0 fully saturated rings. The van der Waals surface area contributed by atoms with Crippen LogP contribution >= 0.6 is 11.6 Å². The molecule has 0 bridgehead atoms. The fourth-order valence-electron chi connectivity index (χ4n) is 2.48. The van der Waals surface area contributed by atoms with Crippen LogP contribution in [0, 0.1) is 19.7 Å². The Morgan fingerprint density at radius 2 is 2.00 bits per heavy atom. The maximum Gasteiger partial charge on any atom is 0.147 e. The van der Waals surface area contributed by atoms with Crippen molar-refractivity contribution in [1.82, 2.24) is 9.55 Å². The van der Waals surface area contributed by atoms with Gasteiger partial charge in [0.1, 0.15) is 11.6 Å². The van der Waals surface area contributed by atoms with Crippen LogP contribution in [0.25, 0.3) is 16.7 Å². The van der Waals surface area contributed by atoms with Crippen molar-refractivity contribution in [3.63, 3.8) is 0 Å². The summed E-state index contributed by atoms with van der Waals surface area (Å²) in [4.78, 5) is 4.50. The molecule has 0 unspecified atom stereocenters. The summed E-state index contributed by atoms with van der Waals surface area (Å²) in [5.41, 5.74) is 4.20. The lowest BCUT2D eigenvalue weighted by Crippen LogP contribution is -2.04. The fourth-order valence-corrected chi connectivity index (χ4v) is 2.66. The van der Waals surface area contributed by atoms with E-state index in [1.807, 2.05) is 42.7 Å². The van der Waals surface area contributed by atoms with E-state index in [9.17, 15) is 4.39 Å². The standard InChI is InChI=1S/C16H14ClFN2/c1-10-6-7-13-14(8-10)20(15(9-17)19-13)16-11(2)4-3-5-12(16)18/h3-8H,9H2,1-2H3. The van der Waals surface area contributed by atoms with E-state index in [0.29, 0.717) is 11.5 Å². The van der Waals surface area contributed by atoms with Gasteiger partial charge in [-0.1, -0.05) is 18.2 Å². The Labute approximate surface area is 121 Å². The molecule has 3 aromatic rings. The number of hydrogen-bond donors (Lipinski definition) is 0. The Hall–Kier alpha value is -1.87. The van der Waals surface area contributed by atoms with Gasteiger partial charge >= 0.3 is 0 Å². The van der Waals surface area contributed by atoms with Crippen LogP contribution in [0.15, 0.2) is 36.4 Å². The summed E-state index contributed by atoms with van der Waals surface area (Å²) in [6, 6.07) is 11.0. The molecule has 0 N–H and O–H groups in total. The van der Waals surface area contributed by atoms with Crippen LogP contribution in [0.1, 0.15) is 17.0 Å². The van der Waals surface area contributed by atoms with E-state index in [4.69, 9.17) is 11.6 Å². The molecule has 0 radical (unpaired) electrons. The van der Waals surface area contributed by atoms with Crippen LogP contribution in [0.2, 0.25) is 0 Å². The van der Waals surface area contributed by atoms with Crippen molar-refractivity contribution in [2.45, 2.75) is 19.7 Å². The molecule has 0 saturated heterocycles. The third-order valence-electron chi connectivity index (χ3n) is 3.41. The molecule has 1 aromatic heterocycles. The lowest BCUT2D eigenvalue weighted by Gasteiger charge is -2.12. The molecule has 0 aliphatic carbocycles. The first-order chi connectivity index (χ1) is 9.61. The van der Waals surface area contributed by atoms with Crippen molar-refractivity contribution in [3.05, 3.63) is 59.2 Å². The summed E-state index contributed by atoms with van der Waals surface area (Å²) in [7, 11) is 0. The molecule has 0 spiro atoms. The number of imidazole rings is 1. The zero-order valence-corrected chi connectivity index (χ0v) is 12.1. The van der Waals surface area contributed by atoms with E-state index in [-0.39, 0.29) is 11.7 Å². The summed E-state index contributed by atoms with van der Waals surface area (Å²) >= 11 is 5.99. The highest BCUT2D eigenvalue weighted by Gasteiger charge is 2.16. The highest BCUT2D eigenvalue weighted by Crippen LogP contribution is 2.27. The van der Waals surface area contributed by atoms with Crippen molar-refractivity contribution in [2.75, 3.05) is 0 Å². The number of para-hydroxylation sites is 1. The van der Waals surface area contributed by atoms with Gasteiger partial charge in [-0.2, -0.15) is 0 Å². The van der Waals surface area contributed by atoms with Crippen molar-refractivity contribution in [1.29, 1.82) is 0 Å². The molecule has 0 aliphatic rings. The number of alkyl halides is 1. The molecule has 3 rings (SSSR count). The first-order valence-corrected chi connectivity index (χ1v) is 6.94. The molecule has 0 aliphatic heterocycles. The smallest absolute Gasteiger partial charge is 0.147 e. The number of fused-ring (bicyclic) bond motifs is 1. The molecular weight excluding hydrogens is 275 g/mol. The number of aryl methyl sites for hydroxylation is 2. The monoisotopic (exact) mass is 288 g/mol. The normalized spacial score (nSPS) is 11.2. The minimum absolute atomic E-state index is 0.238. The second-order valence-electron chi connectivity index (χ2n) is 4.89. The Bertz CT molecular complexity index is 772. The van der Waals surface area contributed by atoms with Crippen molar-refractivity contribution < 1.29 is 4.39 Å². The summed E-state index contributed by atoms with van der Waals surface area (Å²) in [5, 5.41) is 0. The first-order valence-electron chi connectivity index (χ1n) is 6.41. The second kappa shape index (κ2) is 4.91. The molecule has 1 heterocycles. The third-order valence-corrected chi connectivity index (χ3v) is 3.65. The highest BCUT2D eigenvalue weighted by atomic mass is 35.5. The molecule has 20 heavy (non-hydrogen) atoms. The summed E-state index contributed by atoms with van der Waals surface area (Å²) < 4.78 is 16.1. The van der Waals surface area contributed by atoms with Gasteiger partial charge in [-0.05, 0) is 43.2 Å². The summed E-state index contributed by atoms with van der Waals surface area (Å²) in [5.74, 6) is 0.624. The van der Waals surface area contributed by atoms with Gasteiger partial charge in [-0.25, -0.2) is 9.37 Å². The quantitative estimate of drug-likeness (QED) is 0.634. The maximum atomic E-state index is 14.3. The fraction of sp³-hybridized carbons (Fsp3) is 0.188. The summed E-state index contributed by atoms with van der Waals surface area (Å²) in [6.07, 6.45) is 0. The predicted octanol–water partition coefficient (Wildman–Crippen LogP) is 4.52. The average molecular weight is 289 g/mol. The maximum absolute atomic E-state index is 14.3. The topological polar surface area (TPSA) is 17.8 Å². The van der Waals surface area contributed by atoms with E-state index >= 15 is 0 Å². The van der Waals surface area contributed by atoms with Crippen molar-refractivity contribution in [3.8, 4) is 5.69 Å². The van der Waals surface area contributed by atoms with Crippen LogP contribution in [-0.4, -0.2) is 9.55 Å². The average Bonchev–Trinajstić information content (AvgIpc) is 2.77. The highest BCUT2D eigenvalue weighted by molar-refractivity contribution is 6.17. The van der Waals surface area contributed by atoms with Crippen LogP contribution < -0.4 is 0 Å². The van der Waals surface area contributed by atoms with E-state index in [2.05, 4.69) is 4.98 Å². The zero-order chi connectivity index (χ0) is 14.3. The second-order valence-corrected chi connectivity index (χ2v) is 5.16. The van der Waals surface area contributed by atoms with Gasteiger partial charge in [0.25, 0.3) is 0 Å². The van der Waals surface area contributed by atoms with Gasteiger partial charge < -0.3 is 0 Å². The Morgan fingerprint density at radius 1 is 1.20 bits per heavy atom. The van der Waals surface area contributed by atoms with Gasteiger partial charge in [0.05, 0.1) is 22.6 Å². The molecule has 2 nitrogen and oxygen atoms in total. The van der Waals surface area contributed by atoms with Gasteiger partial charge in [-0.3, -0.25) is 4.57 Å². The van der Waals surface area contributed by atoms with E-state index < -0.39 is 0 Å². The van der Waals surface area contributed by atoms with Crippen molar-refractivity contribution >= 4 is 22.6 Å². The molecular formula is C16H14ClFN2. The van der Waals surface area contributed by atoms with Crippen LogP contribution in [0.3, 0.4) is 0 Å². The first kappa shape index (κ1) is 13.1. The molecule has 4 heteroatoms. The van der Waals surface area contributed by atoms with Gasteiger partial charge in [0.2, 0.25) is 0 Å². The largest absolute Gasteiger partial charge is 0.292 e. The Morgan fingerprint density at radius 3 is 2.70 bits per heavy atom. The van der Waals surface area contributed by atoms with E-state index in [0.717, 1.165) is 22.2 Å². The third kappa shape index (κ3) is 1.98. The lowest BCUT2D eigenvalue weighted by molar-refractivity contribution is 0.616. The van der Waals surface area contributed by atoms with E-state index in [1.54, 1.807) is 6.07 Å². The minimum atomic E-state index is -0.267. The number of rotatable bonds is 2. The molecule has 0 amide bonds. The Kier molecular flexibility index (Phi) is 3.22. The number of halogens is 2. The van der Waals surface area contributed by atoms with E-state index in [1.165, 1.54) is 6.07 Å². The lowest BCUT2D eigenvalue weighted by atomic mass is 10.1. The Balaban J connectivity index is 2.42.